The van der Waals surface area contributed by atoms with Gasteiger partial charge < -0.3 is 15.8 Å². The van der Waals surface area contributed by atoms with E-state index in [4.69, 9.17) is 10.5 Å². The van der Waals surface area contributed by atoms with Gasteiger partial charge in [0.15, 0.2) is 0 Å². The Morgan fingerprint density at radius 1 is 1.37 bits per heavy atom. The fraction of sp³-hybridized carbons (Fsp3) is 0.400. The summed E-state index contributed by atoms with van der Waals surface area (Å²) in [5.41, 5.74) is 7.67. The number of methoxy groups -OCH3 is 1. The topological polar surface area (TPSA) is 60.2 Å². The predicted molar refractivity (Wildman–Crippen MR) is 79.3 cm³/mol. The van der Waals surface area contributed by atoms with Gasteiger partial charge in [-0.05, 0) is 43.7 Å². The Morgan fingerprint density at radius 2 is 2.26 bits per heavy atom. The van der Waals surface area contributed by atoms with Gasteiger partial charge in [-0.2, -0.15) is 0 Å². The molecule has 102 valence electrons. The highest BCUT2D eigenvalue weighted by Crippen LogP contribution is 2.18. The summed E-state index contributed by atoms with van der Waals surface area (Å²) >= 11 is 0. The van der Waals surface area contributed by atoms with Crippen LogP contribution in [-0.4, -0.2) is 31.3 Å². The van der Waals surface area contributed by atoms with Gasteiger partial charge in [-0.1, -0.05) is 6.07 Å². The molecule has 0 radical (unpaired) electrons. The highest BCUT2D eigenvalue weighted by atomic mass is 16.5. The first kappa shape index (κ1) is 13.8. The van der Waals surface area contributed by atoms with E-state index in [0.717, 1.165) is 29.4 Å². The number of hydrogen-bond donors (Lipinski definition) is 2. The third kappa shape index (κ3) is 3.91. The Bertz CT molecular complexity index is 515. The van der Waals surface area contributed by atoms with Crippen LogP contribution < -0.4 is 11.1 Å². The second-order valence-corrected chi connectivity index (χ2v) is 4.64. The van der Waals surface area contributed by atoms with Crippen molar-refractivity contribution in [2.24, 2.45) is 5.73 Å². The molecule has 0 aliphatic carbocycles. The molecule has 1 unspecified atom stereocenters. The maximum atomic E-state index is 5.56. The summed E-state index contributed by atoms with van der Waals surface area (Å²) in [6.45, 7) is 1.40. The molecular weight excluding hydrogens is 238 g/mol. The molecule has 1 atom stereocenters. The average Bonchev–Trinajstić information content (AvgIpc) is 2.45. The molecule has 0 amide bonds. The SMILES string of the molecule is COCC(CCCN)Nc1ccc2ncccc2c1. The zero-order valence-electron chi connectivity index (χ0n) is 11.3. The van der Waals surface area contributed by atoms with Gasteiger partial charge in [-0.3, -0.25) is 4.98 Å². The monoisotopic (exact) mass is 259 g/mol. The molecule has 0 fully saturated rings. The lowest BCUT2D eigenvalue weighted by Crippen LogP contribution is -2.25. The zero-order valence-corrected chi connectivity index (χ0v) is 11.3. The van der Waals surface area contributed by atoms with Crippen LogP contribution in [0.2, 0.25) is 0 Å². The number of nitrogens with two attached hydrogens (primary N) is 1. The van der Waals surface area contributed by atoms with Crippen molar-refractivity contribution in [3.8, 4) is 0 Å². The second kappa shape index (κ2) is 7.07. The van der Waals surface area contributed by atoms with E-state index in [9.17, 15) is 0 Å². The van der Waals surface area contributed by atoms with Gasteiger partial charge in [0.1, 0.15) is 0 Å². The number of nitrogens with one attached hydrogen (secondary N) is 1. The molecule has 2 rings (SSSR count). The van der Waals surface area contributed by atoms with E-state index in [-0.39, 0.29) is 0 Å². The van der Waals surface area contributed by atoms with Crippen molar-refractivity contribution >= 4 is 16.6 Å². The second-order valence-electron chi connectivity index (χ2n) is 4.64. The molecule has 3 N–H and O–H groups in total. The van der Waals surface area contributed by atoms with Gasteiger partial charge in [0, 0.05) is 30.4 Å². The molecule has 1 heterocycles. The number of rotatable bonds is 7. The van der Waals surface area contributed by atoms with Crippen LogP contribution in [0.15, 0.2) is 36.5 Å². The largest absolute Gasteiger partial charge is 0.383 e. The molecule has 19 heavy (non-hydrogen) atoms. The third-order valence-electron chi connectivity index (χ3n) is 3.10. The summed E-state index contributed by atoms with van der Waals surface area (Å²) in [6, 6.07) is 10.5. The summed E-state index contributed by atoms with van der Waals surface area (Å²) in [4.78, 5) is 4.32. The van der Waals surface area contributed by atoms with Gasteiger partial charge >= 0.3 is 0 Å². The van der Waals surface area contributed by atoms with Crippen LogP contribution in [0.25, 0.3) is 10.9 Å². The Kier molecular flexibility index (Phi) is 5.12. The molecule has 4 heteroatoms. The summed E-state index contributed by atoms with van der Waals surface area (Å²) < 4.78 is 5.25. The molecule has 1 aromatic heterocycles. The average molecular weight is 259 g/mol. The van der Waals surface area contributed by atoms with E-state index in [1.165, 1.54) is 0 Å². The van der Waals surface area contributed by atoms with Crippen molar-refractivity contribution in [2.75, 3.05) is 25.6 Å². The minimum atomic E-state index is 0.294. The van der Waals surface area contributed by atoms with E-state index in [0.29, 0.717) is 19.2 Å². The number of hydrogen-bond acceptors (Lipinski definition) is 4. The van der Waals surface area contributed by atoms with E-state index in [1.807, 2.05) is 18.3 Å². The number of anilines is 1. The first-order valence-corrected chi connectivity index (χ1v) is 6.64. The highest BCUT2D eigenvalue weighted by Gasteiger charge is 2.08. The standard InChI is InChI=1S/C15H21N3O/c1-19-11-14(5-2-8-16)18-13-6-7-15-12(10-13)4-3-9-17-15/h3-4,6-7,9-10,14,18H,2,5,8,11,16H2,1H3. The van der Waals surface area contributed by atoms with Gasteiger partial charge in [0.2, 0.25) is 0 Å². The van der Waals surface area contributed by atoms with Crippen LogP contribution in [0.4, 0.5) is 5.69 Å². The normalized spacial score (nSPS) is 12.5. The predicted octanol–water partition coefficient (Wildman–Crippen LogP) is 2.40. The number of fused-ring (bicyclic) bond motifs is 1. The summed E-state index contributed by atoms with van der Waals surface area (Å²) in [5.74, 6) is 0. The summed E-state index contributed by atoms with van der Waals surface area (Å²) in [5, 5.41) is 4.64. The van der Waals surface area contributed by atoms with E-state index in [1.54, 1.807) is 7.11 Å². The maximum Gasteiger partial charge on any atom is 0.0703 e. The smallest absolute Gasteiger partial charge is 0.0703 e. The van der Waals surface area contributed by atoms with Crippen molar-refractivity contribution in [1.29, 1.82) is 0 Å². The number of benzene rings is 1. The van der Waals surface area contributed by atoms with E-state index < -0.39 is 0 Å². The Labute approximate surface area is 114 Å². The molecule has 0 spiro atoms. The molecule has 0 saturated heterocycles. The van der Waals surface area contributed by atoms with Crippen molar-refractivity contribution in [1.82, 2.24) is 4.98 Å². The minimum absolute atomic E-state index is 0.294. The summed E-state index contributed by atoms with van der Waals surface area (Å²) in [7, 11) is 1.72. The van der Waals surface area contributed by atoms with Crippen LogP contribution in [0.3, 0.4) is 0 Å². The lowest BCUT2D eigenvalue weighted by molar-refractivity contribution is 0.182. The van der Waals surface area contributed by atoms with Crippen LogP contribution in [-0.2, 0) is 4.74 Å². The van der Waals surface area contributed by atoms with Crippen molar-refractivity contribution in [2.45, 2.75) is 18.9 Å². The first-order chi connectivity index (χ1) is 9.33. The number of pyridine rings is 1. The molecule has 0 saturated carbocycles. The van der Waals surface area contributed by atoms with Gasteiger partial charge in [-0.15, -0.1) is 0 Å². The quantitative estimate of drug-likeness (QED) is 0.801. The Balaban J connectivity index is 2.09. The zero-order chi connectivity index (χ0) is 13.5. The van der Waals surface area contributed by atoms with Crippen molar-refractivity contribution < 1.29 is 4.74 Å². The number of ether oxygens (including phenoxy) is 1. The van der Waals surface area contributed by atoms with Crippen LogP contribution >= 0.6 is 0 Å². The number of nitrogens with zero attached hydrogens (tertiary/aromatic N) is 1. The molecule has 0 aliphatic rings. The third-order valence-corrected chi connectivity index (χ3v) is 3.10. The van der Waals surface area contributed by atoms with E-state index in [2.05, 4.69) is 28.5 Å². The summed E-state index contributed by atoms with van der Waals surface area (Å²) in [6.07, 6.45) is 3.82. The van der Waals surface area contributed by atoms with Crippen molar-refractivity contribution in [3.05, 3.63) is 36.5 Å². The van der Waals surface area contributed by atoms with Crippen LogP contribution in [0, 0.1) is 0 Å². The molecule has 0 aliphatic heterocycles. The molecular formula is C15H21N3O. The Hall–Kier alpha value is -1.65. The fourth-order valence-electron chi connectivity index (χ4n) is 2.16. The van der Waals surface area contributed by atoms with Gasteiger partial charge in [-0.25, -0.2) is 0 Å². The highest BCUT2D eigenvalue weighted by molar-refractivity contribution is 5.82. The molecule has 1 aromatic carbocycles. The Morgan fingerprint density at radius 3 is 3.05 bits per heavy atom. The van der Waals surface area contributed by atoms with Crippen LogP contribution in [0.1, 0.15) is 12.8 Å². The van der Waals surface area contributed by atoms with Crippen molar-refractivity contribution in [3.63, 3.8) is 0 Å². The van der Waals surface area contributed by atoms with Gasteiger partial charge in [0.25, 0.3) is 0 Å². The van der Waals surface area contributed by atoms with E-state index >= 15 is 0 Å². The molecule has 2 aromatic rings. The molecule has 0 bridgehead atoms. The first-order valence-electron chi connectivity index (χ1n) is 6.64. The lowest BCUT2D eigenvalue weighted by atomic mass is 10.1. The molecule has 4 nitrogen and oxygen atoms in total. The van der Waals surface area contributed by atoms with Gasteiger partial charge in [0.05, 0.1) is 12.1 Å². The lowest BCUT2D eigenvalue weighted by Gasteiger charge is -2.19. The minimum Gasteiger partial charge on any atom is -0.383 e. The van der Waals surface area contributed by atoms with Crippen LogP contribution in [0.5, 0.6) is 0 Å². The maximum absolute atomic E-state index is 5.56. The fourth-order valence-corrected chi connectivity index (χ4v) is 2.16. The number of aromatic nitrogens is 1.